The van der Waals surface area contributed by atoms with Crippen LogP contribution >= 0.6 is 0 Å². The van der Waals surface area contributed by atoms with Crippen molar-refractivity contribution in [2.24, 2.45) is 0 Å². The number of fused-ring (bicyclic) bond motifs is 2. The number of nitrogens with one attached hydrogen (secondary N) is 1. The van der Waals surface area contributed by atoms with Crippen molar-refractivity contribution < 1.29 is 28.2 Å². The van der Waals surface area contributed by atoms with Gasteiger partial charge >= 0.3 is 5.97 Å². The van der Waals surface area contributed by atoms with E-state index in [0.717, 1.165) is 0 Å². The first kappa shape index (κ1) is 18.5. The van der Waals surface area contributed by atoms with Crippen LogP contribution in [0.2, 0.25) is 0 Å². The zero-order valence-electron chi connectivity index (χ0n) is 15.7. The molecule has 3 aromatic heterocycles. The number of furan rings is 1. The van der Waals surface area contributed by atoms with Gasteiger partial charge in [0.25, 0.3) is 5.91 Å². The van der Waals surface area contributed by atoms with Crippen LogP contribution in [0.25, 0.3) is 16.5 Å². The molecule has 0 aliphatic heterocycles. The van der Waals surface area contributed by atoms with Crippen molar-refractivity contribution in [1.82, 2.24) is 14.9 Å². The van der Waals surface area contributed by atoms with Crippen LogP contribution in [0, 0.1) is 19.7 Å². The number of rotatable bonds is 4. The Bertz CT molecular complexity index is 1300. The van der Waals surface area contributed by atoms with Crippen LogP contribution in [0.5, 0.6) is 11.5 Å². The molecule has 1 amide bonds. The van der Waals surface area contributed by atoms with E-state index in [9.17, 15) is 14.7 Å². The predicted molar refractivity (Wildman–Crippen MR) is 101 cm³/mol. The molecule has 0 unspecified atom stereocenters. The minimum Gasteiger partial charge on any atom is -0.478 e. The Kier molecular flexibility index (Phi) is 4.22. The van der Waals surface area contributed by atoms with Crippen molar-refractivity contribution in [3.63, 3.8) is 0 Å². The second-order valence-corrected chi connectivity index (χ2v) is 6.43. The molecule has 4 rings (SSSR count). The van der Waals surface area contributed by atoms with Crippen molar-refractivity contribution in [3.05, 3.63) is 58.9 Å². The molecule has 8 nitrogen and oxygen atoms in total. The van der Waals surface area contributed by atoms with Gasteiger partial charge in [0, 0.05) is 24.7 Å². The molecular formula is C20H16FN3O5. The highest BCUT2D eigenvalue weighted by atomic mass is 19.1. The lowest BCUT2D eigenvalue weighted by molar-refractivity contribution is 0.0696. The second-order valence-electron chi connectivity index (χ2n) is 6.43. The highest BCUT2D eigenvalue weighted by Crippen LogP contribution is 2.36. The maximum atomic E-state index is 15.1. The van der Waals surface area contributed by atoms with Gasteiger partial charge in [-0.15, -0.1) is 0 Å². The van der Waals surface area contributed by atoms with E-state index >= 15 is 4.39 Å². The molecule has 0 fully saturated rings. The SMILES string of the molecule is CNC(=O)c1c(C)oc2c(F)c(Oc3ccnn4cc(C(=O)O)c(C)c34)ccc12. The largest absolute Gasteiger partial charge is 0.478 e. The van der Waals surface area contributed by atoms with E-state index in [-0.39, 0.29) is 39.9 Å². The van der Waals surface area contributed by atoms with Crippen LogP contribution in [0.4, 0.5) is 4.39 Å². The third-order valence-corrected chi connectivity index (χ3v) is 4.73. The predicted octanol–water partition coefficient (Wildman–Crippen LogP) is 3.69. The van der Waals surface area contributed by atoms with E-state index in [0.29, 0.717) is 16.5 Å². The monoisotopic (exact) mass is 397 g/mol. The number of carboxylic acids is 1. The summed E-state index contributed by atoms with van der Waals surface area (Å²) in [7, 11) is 1.48. The number of aromatic nitrogens is 2. The van der Waals surface area contributed by atoms with Gasteiger partial charge in [0.15, 0.2) is 17.1 Å². The Labute approximate surface area is 163 Å². The zero-order chi connectivity index (χ0) is 20.9. The fraction of sp³-hybridized carbons (Fsp3) is 0.150. The Morgan fingerprint density at radius 1 is 1.24 bits per heavy atom. The maximum Gasteiger partial charge on any atom is 0.337 e. The molecule has 2 N–H and O–H groups in total. The second kappa shape index (κ2) is 6.62. The summed E-state index contributed by atoms with van der Waals surface area (Å²) in [5, 5.41) is 16.2. The van der Waals surface area contributed by atoms with Crippen LogP contribution in [0.1, 0.15) is 32.0 Å². The topological polar surface area (TPSA) is 106 Å². The summed E-state index contributed by atoms with van der Waals surface area (Å²) in [5.74, 6) is -1.85. The first-order valence-corrected chi connectivity index (χ1v) is 8.65. The van der Waals surface area contributed by atoms with Crippen molar-refractivity contribution >= 4 is 28.4 Å². The number of amides is 1. The Morgan fingerprint density at radius 3 is 2.69 bits per heavy atom. The number of carboxylic acid groups (broad SMARTS) is 1. The first-order valence-electron chi connectivity index (χ1n) is 8.65. The fourth-order valence-corrected chi connectivity index (χ4v) is 3.35. The number of carbonyl (C=O) groups excluding carboxylic acids is 1. The number of hydrogen-bond donors (Lipinski definition) is 2. The standard InChI is InChI=1S/C20H16FN3O5/c1-9-12(20(26)27)8-24-17(9)14(6-7-23-24)29-13-5-4-11-15(19(25)22-3)10(2)28-18(11)16(13)21/h4-8H,1-3H3,(H,22,25)(H,26,27). The molecule has 148 valence electrons. The normalized spacial score (nSPS) is 11.2. The minimum absolute atomic E-state index is 0.0707. The number of ether oxygens (including phenoxy) is 1. The van der Waals surface area contributed by atoms with Gasteiger partial charge in [-0.1, -0.05) is 0 Å². The molecule has 0 saturated heterocycles. The Balaban J connectivity index is 1.84. The van der Waals surface area contributed by atoms with Gasteiger partial charge < -0.3 is 19.6 Å². The van der Waals surface area contributed by atoms with Crippen molar-refractivity contribution in [1.29, 1.82) is 0 Å². The van der Waals surface area contributed by atoms with Gasteiger partial charge in [0.2, 0.25) is 5.82 Å². The summed E-state index contributed by atoms with van der Waals surface area (Å²) in [6.45, 7) is 3.20. The summed E-state index contributed by atoms with van der Waals surface area (Å²) in [6, 6.07) is 4.45. The summed E-state index contributed by atoms with van der Waals surface area (Å²) >= 11 is 0. The molecule has 0 radical (unpaired) electrons. The average molecular weight is 397 g/mol. The smallest absolute Gasteiger partial charge is 0.337 e. The van der Waals surface area contributed by atoms with Gasteiger partial charge in [-0.05, 0) is 31.5 Å². The summed E-state index contributed by atoms with van der Waals surface area (Å²) in [6.07, 6.45) is 2.79. The highest BCUT2D eigenvalue weighted by molar-refractivity contribution is 6.07. The van der Waals surface area contributed by atoms with Crippen molar-refractivity contribution in [3.8, 4) is 11.5 Å². The van der Waals surface area contributed by atoms with E-state index in [1.807, 2.05) is 0 Å². The molecule has 0 saturated carbocycles. The summed E-state index contributed by atoms with van der Waals surface area (Å²) in [5.41, 5.74) is 1.08. The lowest BCUT2D eigenvalue weighted by Gasteiger charge is -2.09. The minimum atomic E-state index is -1.10. The fourth-order valence-electron chi connectivity index (χ4n) is 3.35. The van der Waals surface area contributed by atoms with E-state index in [4.69, 9.17) is 9.15 Å². The van der Waals surface area contributed by atoms with Crippen LogP contribution in [-0.4, -0.2) is 33.6 Å². The Morgan fingerprint density at radius 2 is 2.00 bits per heavy atom. The molecule has 0 aliphatic rings. The number of halogens is 1. The van der Waals surface area contributed by atoms with Crippen LogP contribution < -0.4 is 10.1 Å². The quantitative estimate of drug-likeness (QED) is 0.544. The highest BCUT2D eigenvalue weighted by Gasteiger charge is 2.23. The third-order valence-electron chi connectivity index (χ3n) is 4.73. The van der Waals surface area contributed by atoms with Gasteiger partial charge in [0.05, 0.1) is 17.3 Å². The number of aryl methyl sites for hydroxylation is 2. The number of carbonyl (C=O) groups is 2. The third kappa shape index (κ3) is 2.78. The molecule has 0 spiro atoms. The van der Waals surface area contributed by atoms with Crippen LogP contribution in [0.15, 0.2) is 35.0 Å². The van der Waals surface area contributed by atoms with Gasteiger partial charge in [-0.2, -0.15) is 9.49 Å². The number of aromatic carboxylic acids is 1. The first-order chi connectivity index (χ1) is 13.8. The van der Waals surface area contributed by atoms with E-state index in [1.165, 1.54) is 36.1 Å². The van der Waals surface area contributed by atoms with Crippen molar-refractivity contribution in [2.75, 3.05) is 7.05 Å². The van der Waals surface area contributed by atoms with Gasteiger partial charge in [-0.25, -0.2) is 9.31 Å². The summed E-state index contributed by atoms with van der Waals surface area (Å²) < 4.78 is 27.7. The molecule has 9 heteroatoms. The lowest BCUT2D eigenvalue weighted by Crippen LogP contribution is -2.18. The Hall–Kier alpha value is -3.88. The van der Waals surface area contributed by atoms with Crippen LogP contribution in [0.3, 0.4) is 0 Å². The maximum absolute atomic E-state index is 15.1. The van der Waals surface area contributed by atoms with Gasteiger partial charge in [-0.3, -0.25) is 4.79 Å². The van der Waals surface area contributed by atoms with E-state index in [1.54, 1.807) is 19.9 Å². The van der Waals surface area contributed by atoms with E-state index < -0.39 is 11.8 Å². The van der Waals surface area contributed by atoms with Crippen molar-refractivity contribution in [2.45, 2.75) is 13.8 Å². The molecule has 4 aromatic rings. The number of nitrogens with zero attached hydrogens (tertiary/aromatic N) is 2. The number of hydrogen-bond acceptors (Lipinski definition) is 5. The van der Waals surface area contributed by atoms with Crippen LogP contribution in [-0.2, 0) is 0 Å². The van der Waals surface area contributed by atoms with Gasteiger partial charge in [0.1, 0.15) is 11.3 Å². The molecule has 29 heavy (non-hydrogen) atoms. The number of benzene rings is 1. The average Bonchev–Trinajstić information content (AvgIpc) is 3.21. The molecule has 1 aromatic carbocycles. The molecule has 3 heterocycles. The van der Waals surface area contributed by atoms with E-state index in [2.05, 4.69) is 10.4 Å². The molecule has 0 aliphatic carbocycles. The molecule has 0 atom stereocenters. The molecular weight excluding hydrogens is 381 g/mol. The molecule has 0 bridgehead atoms. The lowest BCUT2D eigenvalue weighted by atomic mass is 10.1. The summed E-state index contributed by atoms with van der Waals surface area (Å²) in [4.78, 5) is 23.4. The zero-order valence-corrected chi connectivity index (χ0v) is 15.7.